The summed E-state index contributed by atoms with van der Waals surface area (Å²) in [6.07, 6.45) is -13.2. The monoisotopic (exact) mass is 495 g/mol. The zero-order chi connectivity index (χ0) is 24.0. The van der Waals surface area contributed by atoms with Crippen LogP contribution in [0.5, 0.6) is 0 Å². The molecule has 0 saturated carbocycles. The van der Waals surface area contributed by atoms with Crippen molar-refractivity contribution in [2.24, 2.45) is 0 Å². The van der Waals surface area contributed by atoms with Crippen LogP contribution in [-0.2, 0) is 28.5 Å². The van der Waals surface area contributed by atoms with Crippen molar-refractivity contribution in [3.8, 4) is 0 Å². The highest BCUT2D eigenvalue weighted by Gasteiger charge is 2.54. The fraction of sp³-hybridized carbons (Fsp3) is 0.778. The number of rotatable bonds is 5. The molecule has 4 heterocycles. The highest BCUT2D eigenvalue weighted by molar-refractivity contribution is 8.04. The maximum Gasteiger partial charge on any atom is 0.326 e. The smallest absolute Gasteiger partial charge is 0.326 e. The van der Waals surface area contributed by atoms with Gasteiger partial charge in [0.25, 0.3) is 5.91 Å². The van der Waals surface area contributed by atoms with E-state index in [1.54, 1.807) is 0 Å². The van der Waals surface area contributed by atoms with Crippen LogP contribution >= 0.6 is 11.8 Å². The molecule has 14 nitrogen and oxygen atoms in total. The lowest BCUT2D eigenvalue weighted by molar-refractivity contribution is -0.336. The number of fused-ring (bicyclic) bond motifs is 1. The predicted molar refractivity (Wildman–Crippen MR) is 104 cm³/mol. The zero-order valence-electron chi connectivity index (χ0n) is 17.0. The fourth-order valence-electron chi connectivity index (χ4n) is 4.08. The first-order chi connectivity index (χ1) is 15.7. The van der Waals surface area contributed by atoms with Gasteiger partial charge in [-0.05, 0) is 0 Å². The van der Waals surface area contributed by atoms with Crippen molar-refractivity contribution in [1.82, 2.24) is 5.32 Å². The summed E-state index contributed by atoms with van der Waals surface area (Å²) in [4.78, 5) is 23.8. The van der Waals surface area contributed by atoms with Gasteiger partial charge in [-0.2, -0.15) is 0 Å². The topological polar surface area (TPSA) is 225 Å². The zero-order valence-corrected chi connectivity index (χ0v) is 17.8. The molecular formula is C18H25NO13S. The minimum absolute atomic E-state index is 0.0643. The number of amides is 1. The normalized spacial score (nSPS) is 45.5. The third-order valence-electron chi connectivity index (χ3n) is 5.90. The highest BCUT2D eigenvalue weighted by Crippen LogP contribution is 2.45. The van der Waals surface area contributed by atoms with E-state index in [1.807, 2.05) is 0 Å². The summed E-state index contributed by atoms with van der Waals surface area (Å²) in [5.41, 5.74) is 0. The Morgan fingerprint density at radius 1 is 1.03 bits per heavy atom. The van der Waals surface area contributed by atoms with Crippen LogP contribution < -0.4 is 5.32 Å². The van der Waals surface area contributed by atoms with Crippen molar-refractivity contribution in [2.75, 3.05) is 13.2 Å². The van der Waals surface area contributed by atoms with Gasteiger partial charge in [-0.1, -0.05) is 0 Å². The molecule has 0 aliphatic carbocycles. The number of nitrogens with one attached hydrogen (secondary N) is 1. The van der Waals surface area contributed by atoms with Crippen LogP contribution in [0.25, 0.3) is 0 Å². The summed E-state index contributed by atoms with van der Waals surface area (Å²) in [5.74, 6) is -1.86. The quantitative estimate of drug-likeness (QED) is 0.180. The summed E-state index contributed by atoms with van der Waals surface area (Å²) >= 11 is 0.903. The molecule has 0 aromatic carbocycles. The van der Waals surface area contributed by atoms with Gasteiger partial charge in [-0.15, -0.1) is 11.8 Å². The molecule has 1 unspecified atom stereocenters. The summed E-state index contributed by atoms with van der Waals surface area (Å²) in [7, 11) is 0. The fourth-order valence-corrected chi connectivity index (χ4v) is 5.37. The Balaban J connectivity index is 1.59. The van der Waals surface area contributed by atoms with Crippen LogP contribution in [0.2, 0.25) is 0 Å². The second-order valence-electron chi connectivity index (χ2n) is 8.04. The van der Waals surface area contributed by atoms with Crippen molar-refractivity contribution in [2.45, 2.75) is 73.0 Å². The van der Waals surface area contributed by atoms with Gasteiger partial charge in [0.2, 0.25) is 6.29 Å². The molecule has 4 aliphatic rings. The van der Waals surface area contributed by atoms with Gasteiger partial charge < -0.3 is 60.0 Å². The number of aliphatic hydroxyl groups is 6. The minimum atomic E-state index is -1.75. The van der Waals surface area contributed by atoms with Gasteiger partial charge in [0.15, 0.2) is 6.29 Å². The van der Waals surface area contributed by atoms with Crippen LogP contribution in [0.15, 0.2) is 10.7 Å². The molecule has 4 aliphatic heterocycles. The molecular weight excluding hydrogens is 470 g/mol. The Labute approximate surface area is 190 Å². The van der Waals surface area contributed by atoms with E-state index in [0.29, 0.717) is 0 Å². The Morgan fingerprint density at radius 3 is 2.33 bits per heavy atom. The molecule has 0 spiro atoms. The second kappa shape index (κ2) is 9.61. The first-order valence-corrected chi connectivity index (χ1v) is 11.0. The molecule has 0 radical (unpaired) electrons. The van der Waals surface area contributed by atoms with Crippen molar-refractivity contribution in [1.29, 1.82) is 0 Å². The van der Waals surface area contributed by atoms with E-state index in [1.165, 1.54) is 0 Å². The standard InChI is InChI=1S/C18H25NO13S/c20-2-6-8(22)10(24)11(25)17(30-6)32-12-9(23)7(3-21)31-18-14(12)33-13-5(29-18)1-4(16(27)28)19-15(13)26/h4,6-12,14,17-18,20-25H,1-3H2,(H,19,26)(H,27,28)/t4?,6-,7-,8+,9+,10+,11-,12+,14-,17+,18+/m1/s1. The van der Waals surface area contributed by atoms with Gasteiger partial charge >= 0.3 is 5.97 Å². The second-order valence-corrected chi connectivity index (χ2v) is 9.22. The lowest BCUT2D eigenvalue weighted by Crippen LogP contribution is -2.65. The molecule has 1 amide bonds. The average molecular weight is 495 g/mol. The van der Waals surface area contributed by atoms with Gasteiger partial charge in [0, 0.05) is 6.42 Å². The first-order valence-electron chi connectivity index (χ1n) is 10.2. The van der Waals surface area contributed by atoms with Crippen molar-refractivity contribution in [3.05, 3.63) is 10.7 Å². The number of aliphatic carboxylic acids is 1. The van der Waals surface area contributed by atoms with Gasteiger partial charge in [0.1, 0.15) is 64.7 Å². The number of carboxylic acids is 1. The SMILES string of the molecule is O=C1NC(C(=O)O)CC2=C1S[C@H]1[C@@H](O2)O[C@H](CO)[C@H](O)[C@@H]1O[C@@H]1O[C@H](CO)[C@H](O)[C@H](O)[C@H]1O. The van der Waals surface area contributed by atoms with Crippen molar-refractivity contribution < 1.29 is 64.3 Å². The third-order valence-corrected chi connectivity index (χ3v) is 7.31. The van der Waals surface area contributed by atoms with E-state index in [9.17, 15) is 45.3 Å². The molecule has 33 heavy (non-hydrogen) atoms. The Hall–Kier alpha value is -1.53. The summed E-state index contributed by atoms with van der Waals surface area (Å²) in [6.45, 7) is -1.33. The maximum absolute atomic E-state index is 12.5. The molecule has 2 fully saturated rings. The number of carbonyl (C=O) groups excluding carboxylic acids is 1. The number of carbonyl (C=O) groups is 2. The molecule has 0 aromatic rings. The van der Waals surface area contributed by atoms with E-state index in [0.717, 1.165) is 11.8 Å². The molecule has 4 rings (SSSR count). The van der Waals surface area contributed by atoms with Crippen molar-refractivity contribution in [3.63, 3.8) is 0 Å². The molecule has 2 saturated heterocycles. The number of thioether (sulfide) groups is 1. The van der Waals surface area contributed by atoms with Crippen LogP contribution in [0.1, 0.15) is 6.42 Å². The number of carboxylic acid groups (broad SMARTS) is 1. The van der Waals surface area contributed by atoms with Crippen LogP contribution in [0, 0.1) is 0 Å². The molecule has 15 heteroatoms. The lowest BCUT2D eigenvalue weighted by atomic mass is 9.98. The van der Waals surface area contributed by atoms with Gasteiger partial charge in [0.05, 0.1) is 13.2 Å². The van der Waals surface area contributed by atoms with E-state index in [-0.39, 0.29) is 17.1 Å². The van der Waals surface area contributed by atoms with Crippen LogP contribution in [0.4, 0.5) is 0 Å². The number of hydrogen-bond donors (Lipinski definition) is 8. The summed E-state index contributed by atoms with van der Waals surface area (Å²) in [6, 6.07) is -1.20. The Morgan fingerprint density at radius 2 is 1.70 bits per heavy atom. The lowest BCUT2D eigenvalue weighted by Gasteiger charge is -2.49. The third kappa shape index (κ3) is 4.45. The highest BCUT2D eigenvalue weighted by atomic mass is 32.2. The van der Waals surface area contributed by atoms with Gasteiger partial charge in [-0.3, -0.25) is 4.79 Å². The summed E-state index contributed by atoms with van der Waals surface area (Å²) < 4.78 is 22.4. The predicted octanol–water partition coefficient (Wildman–Crippen LogP) is -4.43. The minimum Gasteiger partial charge on any atom is -0.480 e. The van der Waals surface area contributed by atoms with Crippen molar-refractivity contribution >= 4 is 23.6 Å². The van der Waals surface area contributed by atoms with E-state index in [2.05, 4.69) is 5.32 Å². The maximum atomic E-state index is 12.5. The van der Waals surface area contributed by atoms with E-state index < -0.39 is 91.7 Å². The molecule has 186 valence electrons. The number of hydrogen-bond acceptors (Lipinski definition) is 13. The average Bonchev–Trinajstić information content (AvgIpc) is 2.79. The van der Waals surface area contributed by atoms with E-state index in [4.69, 9.17) is 18.9 Å². The summed E-state index contributed by atoms with van der Waals surface area (Å²) in [5, 5.41) is 70.6. The largest absolute Gasteiger partial charge is 0.480 e. The molecule has 0 bridgehead atoms. The molecule has 8 N–H and O–H groups in total. The van der Waals surface area contributed by atoms with E-state index >= 15 is 0 Å². The molecule has 0 aromatic heterocycles. The molecule has 11 atom stereocenters. The first kappa shape index (κ1) is 24.6. The van der Waals surface area contributed by atoms with Crippen LogP contribution in [0.3, 0.4) is 0 Å². The Bertz CT molecular complexity index is 808. The van der Waals surface area contributed by atoms with Crippen LogP contribution in [-0.4, -0.2) is 127 Å². The number of ether oxygens (including phenoxy) is 4. The number of aliphatic hydroxyl groups excluding tert-OH is 6. The Kier molecular flexibility index (Phi) is 7.16. The van der Waals surface area contributed by atoms with Gasteiger partial charge in [-0.25, -0.2) is 4.79 Å².